The van der Waals surface area contributed by atoms with Crippen LogP contribution in [0.15, 0.2) is 47.8 Å². The van der Waals surface area contributed by atoms with Gasteiger partial charge in [0, 0.05) is 13.1 Å². The predicted octanol–water partition coefficient (Wildman–Crippen LogP) is 5.07. The van der Waals surface area contributed by atoms with E-state index in [4.69, 9.17) is 4.74 Å². The molecular weight excluding hydrogens is 442 g/mol. The number of anilines is 2. The Morgan fingerprint density at radius 2 is 2.19 bits per heavy atom. The van der Waals surface area contributed by atoms with Crippen LogP contribution >= 0.6 is 22.7 Å². The van der Waals surface area contributed by atoms with Gasteiger partial charge in [0.25, 0.3) is 0 Å². The number of thiophene rings is 1. The number of hydrogen-bond acceptors (Lipinski definition) is 8. The number of thiazole rings is 1. The fraction of sp³-hybridized carbons (Fsp3) is 0.304. The molecule has 1 saturated heterocycles. The lowest BCUT2D eigenvalue weighted by Gasteiger charge is -2.32. The van der Waals surface area contributed by atoms with Crippen LogP contribution in [0.3, 0.4) is 0 Å². The zero-order valence-electron chi connectivity index (χ0n) is 17.7. The third kappa shape index (κ3) is 4.44. The van der Waals surface area contributed by atoms with Crippen molar-refractivity contribution in [1.29, 1.82) is 0 Å². The van der Waals surface area contributed by atoms with Crippen molar-refractivity contribution in [2.24, 2.45) is 5.92 Å². The zero-order chi connectivity index (χ0) is 21.9. The lowest BCUT2D eigenvalue weighted by molar-refractivity contribution is -0.120. The Bertz CT molecular complexity index is 1210. The summed E-state index contributed by atoms with van der Waals surface area (Å²) in [4.78, 5) is 20.8. The molecule has 3 aromatic heterocycles. The van der Waals surface area contributed by atoms with Crippen molar-refractivity contribution in [2.75, 3.05) is 29.9 Å². The number of hydrogen-bond donors (Lipinski definition) is 1. The van der Waals surface area contributed by atoms with Crippen molar-refractivity contribution < 1.29 is 9.53 Å². The molecule has 164 valence electrons. The molecule has 1 unspecified atom stereocenters. The second kappa shape index (κ2) is 9.22. The topological polar surface area (TPSA) is 80.2 Å². The lowest BCUT2D eigenvalue weighted by atomic mass is 9.97. The van der Waals surface area contributed by atoms with Crippen molar-refractivity contribution in [3.05, 3.63) is 47.8 Å². The quantitative estimate of drug-likeness (QED) is 0.428. The van der Waals surface area contributed by atoms with Gasteiger partial charge in [-0.3, -0.25) is 4.79 Å². The molecule has 1 amide bonds. The first-order chi connectivity index (χ1) is 15.7. The molecule has 0 aliphatic carbocycles. The molecule has 0 radical (unpaired) electrons. The van der Waals surface area contributed by atoms with E-state index in [0.717, 1.165) is 51.7 Å². The Labute approximate surface area is 194 Å². The van der Waals surface area contributed by atoms with Gasteiger partial charge in [0.2, 0.25) is 5.91 Å². The molecule has 0 saturated carbocycles. The molecule has 32 heavy (non-hydrogen) atoms. The number of carbonyl (C=O) groups is 1. The van der Waals surface area contributed by atoms with Gasteiger partial charge in [0.05, 0.1) is 27.6 Å². The first-order valence-corrected chi connectivity index (χ1v) is 12.4. The van der Waals surface area contributed by atoms with E-state index in [9.17, 15) is 4.79 Å². The Balaban J connectivity index is 1.25. The predicted molar refractivity (Wildman–Crippen MR) is 130 cm³/mol. The van der Waals surface area contributed by atoms with Crippen molar-refractivity contribution in [2.45, 2.75) is 19.8 Å². The van der Waals surface area contributed by atoms with Gasteiger partial charge < -0.3 is 15.0 Å². The number of nitrogens with zero attached hydrogens (tertiary/aromatic N) is 4. The van der Waals surface area contributed by atoms with Gasteiger partial charge in [-0.15, -0.1) is 21.5 Å². The summed E-state index contributed by atoms with van der Waals surface area (Å²) in [6.45, 7) is 4.07. The monoisotopic (exact) mass is 465 g/mol. The molecule has 4 aromatic rings. The second-order valence-corrected chi connectivity index (χ2v) is 9.59. The Morgan fingerprint density at radius 3 is 2.97 bits per heavy atom. The largest absolute Gasteiger partial charge is 0.494 e. The maximum atomic E-state index is 13.0. The number of fused-ring (bicyclic) bond motifs is 1. The molecule has 1 aliphatic heterocycles. The summed E-state index contributed by atoms with van der Waals surface area (Å²) < 4.78 is 6.55. The first-order valence-electron chi connectivity index (χ1n) is 10.7. The maximum absolute atomic E-state index is 13.0. The van der Waals surface area contributed by atoms with E-state index in [1.165, 1.54) is 11.3 Å². The van der Waals surface area contributed by atoms with E-state index in [-0.39, 0.29) is 11.8 Å². The highest BCUT2D eigenvalue weighted by molar-refractivity contribution is 7.22. The molecule has 1 aliphatic rings. The zero-order valence-corrected chi connectivity index (χ0v) is 19.3. The van der Waals surface area contributed by atoms with Crippen LogP contribution in [0.1, 0.15) is 19.8 Å². The van der Waals surface area contributed by atoms with E-state index >= 15 is 0 Å². The van der Waals surface area contributed by atoms with E-state index in [1.807, 2.05) is 54.8 Å². The average molecular weight is 466 g/mol. The second-order valence-electron chi connectivity index (χ2n) is 7.61. The number of benzene rings is 1. The molecular formula is C23H23N5O2S2. The van der Waals surface area contributed by atoms with Gasteiger partial charge in [0.1, 0.15) is 11.4 Å². The molecule has 1 atom stereocenters. The van der Waals surface area contributed by atoms with Gasteiger partial charge in [-0.05, 0) is 61.5 Å². The lowest BCUT2D eigenvalue weighted by Crippen LogP contribution is -2.41. The van der Waals surface area contributed by atoms with Crippen LogP contribution in [0.4, 0.5) is 10.9 Å². The standard InChI is InChI=1S/C23H23N5O2S2/c1-2-30-16-7-8-17-20(13-16)32-23(24-17)25-22(29)15-5-3-11-28(14-15)21-10-9-18(26-27-21)19-6-4-12-31-19/h4,6-10,12-13,15H,2-3,5,11,14H2,1H3,(H,24,25,29). The van der Waals surface area contributed by atoms with Gasteiger partial charge in [0.15, 0.2) is 10.9 Å². The summed E-state index contributed by atoms with van der Waals surface area (Å²) in [5.74, 6) is 1.51. The summed E-state index contributed by atoms with van der Waals surface area (Å²) >= 11 is 3.12. The van der Waals surface area contributed by atoms with Crippen LogP contribution in [-0.2, 0) is 4.79 Å². The first kappa shape index (κ1) is 20.8. The molecule has 1 aromatic carbocycles. The minimum absolute atomic E-state index is 0.00181. The van der Waals surface area contributed by atoms with Gasteiger partial charge >= 0.3 is 0 Å². The summed E-state index contributed by atoms with van der Waals surface area (Å²) in [5.41, 5.74) is 1.73. The Hall–Kier alpha value is -3.04. The SMILES string of the molecule is CCOc1ccc2nc(NC(=O)C3CCCN(c4ccc(-c5cccs5)nn4)C3)sc2c1. The highest BCUT2D eigenvalue weighted by atomic mass is 32.1. The normalized spacial score (nSPS) is 16.3. The van der Waals surface area contributed by atoms with Gasteiger partial charge in [-0.25, -0.2) is 4.98 Å². The molecule has 0 bridgehead atoms. The molecule has 5 rings (SSSR count). The minimum Gasteiger partial charge on any atom is -0.494 e. The number of aromatic nitrogens is 3. The summed E-state index contributed by atoms with van der Waals surface area (Å²) in [6.07, 6.45) is 1.78. The van der Waals surface area contributed by atoms with E-state index < -0.39 is 0 Å². The van der Waals surface area contributed by atoms with Crippen molar-refractivity contribution in [3.63, 3.8) is 0 Å². The third-order valence-electron chi connectivity index (χ3n) is 5.44. The number of piperidine rings is 1. The van der Waals surface area contributed by atoms with Crippen LogP contribution in [0.5, 0.6) is 5.75 Å². The summed E-state index contributed by atoms with van der Waals surface area (Å²) in [5, 5.41) is 14.5. The van der Waals surface area contributed by atoms with E-state index in [0.29, 0.717) is 18.3 Å². The highest BCUT2D eigenvalue weighted by Crippen LogP contribution is 2.31. The number of rotatable bonds is 6. The van der Waals surface area contributed by atoms with E-state index in [1.54, 1.807) is 11.3 Å². The van der Waals surface area contributed by atoms with Crippen molar-refractivity contribution in [1.82, 2.24) is 15.2 Å². The van der Waals surface area contributed by atoms with Crippen molar-refractivity contribution >= 4 is 49.7 Å². The maximum Gasteiger partial charge on any atom is 0.231 e. The average Bonchev–Trinajstić information content (AvgIpc) is 3.49. The number of amides is 1. The van der Waals surface area contributed by atoms with Crippen LogP contribution in [-0.4, -0.2) is 40.8 Å². The van der Waals surface area contributed by atoms with E-state index in [2.05, 4.69) is 25.4 Å². The number of nitrogens with one attached hydrogen (secondary N) is 1. The third-order valence-corrected chi connectivity index (χ3v) is 7.27. The fourth-order valence-electron chi connectivity index (χ4n) is 3.87. The summed E-state index contributed by atoms with van der Waals surface area (Å²) in [7, 11) is 0. The van der Waals surface area contributed by atoms with Crippen LogP contribution < -0.4 is 15.0 Å². The number of carbonyl (C=O) groups excluding carboxylic acids is 1. The van der Waals surface area contributed by atoms with Gasteiger partial charge in [-0.1, -0.05) is 17.4 Å². The molecule has 1 fully saturated rings. The van der Waals surface area contributed by atoms with Crippen molar-refractivity contribution in [3.8, 4) is 16.3 Å². The van der Waals surface area contributed by atoms with Crippen LogP contribution in [0.2, 0.25) is 0 Å². The smallest absolute Gasteiger partial charge is 0.231 e. The fourth-order valence-corrected chi connectivity index (χ4v) is 5.46. The highest BCUT2D eigenvalue weighted by Gasteiger charge is 2.27. The van der Waals surface area contributed by atoms with Crippen LogP contribution in [0, 0.1) is 5.92 Å². The Kier molecular flexibility index (Phi) is 6.00. The van der Waals surface area contributed by atoms with Crippen LogP contribution in [0.25, 0.3) is 20.8 Å². The summed E-state index contributed by atoms with van der Waals surface area (Å²) in [6, 6.07) is 13.8. The minimum atomic E-state index is -0.117. The molecule has 1 N–H and O–H groups in total. The molecule has 4 heterocycles. The van der Waals surface area contributed by atoms with Gasteiger partial charge in [-0.2, -0.15) is 0 Å². The number of ether oxygens (including phenoxy) is 1. The Morgan fingerprint density at radius 1 is 1.25 bits per heavy atom. The molecule has 0 spiro atoms. The molecule has 9 heteroatoms. The molecule has 7 nitrogen and oxygen atoms in total.